The van der Waals surface area contributed by atoms with Gasteiger partial charge in [-0.25, -0.2) is 4.39 Å². The molecule has 8 heteroatoms. The molecule has 0 radical (unpaired) electrons. The van der Waals surface area contributed by atoms with Crippen molar-refractivity contribution >= 4 is 11.6 Å². The number of phenols is 1. The minimum atomic E-state index is -0.816. The lowest BCUT2D eigenvalue weighted by Gasteiger charge is -2.09. The third-order valence-corrected chi connectivity index (χ3v) is 2.59. The lowest BCUT2D eigenvalue weighted by Crippen LogP contribution is -1.97. The van der Waals surface area contributed by atoms with Gasteiger partial charge in [0.2, 0.25) is 11.7 Å². The van der Waals surface area contributed by atoms with Gasteiger partial charge in [-0.2, -0.15) is 4.98 Å². The number of halogens is 2. The molecule has 0 amide bonds. The molecule has 0 unspecified atom stereocenters. The standard InChI is InChI=1S/C10H9ClFN3O3/c1-17-9-5(16)2-4(12)8(11)7(9)10-14-6(3-13)18-15-10/h2,16H,3,13H2,1H3. The number of hydrogen-bond donors (Lipinski definition) is 2. The Hall–Kier alpha value is -1.86. The van der Waals surface area contributed by atoms with E-state index in [2.05, 4.69) is 10.1 Å². The van der Waals surface area contributed by atoms with Crippen molar-refractivity contribution in [3.8, 4) is 22.9 Å². The van der Waals surface area contributed by atoms with Gasteiger partial charge in [0.1, 0.15) is 5.82 Å². The number of benzene rings is 1. The van der Waals surface area contributed by atoms with Crippen LogP contribution < -0.4 is 10.5 Å². The van der Waals surface area contributed by atoms with Gasteiger partial charge in [0.05, 0.1) is 24.2 Å². The Kier molecular flexibility index (Phi) is 3.35. The molecule has 18 heavy (non-hydrogen) atoms. The van der Waals surface area contributed by atoms with Gasteiger partial charge in [0.15, 0.2) is 11.5 Å². The van der Waals surface area contributed by atoms with Gasteiger partial charge in [-0.1, -0.05) is 16.8 Å². The highest BCUT2D eigenvalue weighted by molar-refractivity contribution is 6.33. The van der Waals surface area contributed by atoms with Crippen molar-refractivity contribution in [1.82, 2.24) is 10.1 Å². The van der Waals surface area contributed by atoms with Crippen LogP contribution in [0.2, 0.25) is 5.02 Å². The molecule has 0 aliphatic rings. The lowest BCUT2D eigenvalue weighted by atomic mass is 10.1. The quantitative estimate of drug-likeness (QED) is 0.884. The number of nitrogens with zero attached hydrogens (tertiary/aromatic N) is 2. The van der Waals surface area contributed by atoms with Crippen molar-refractivity contribution in [2.45, 2.75) is 6.54 Å². The Balaban J connectivity index is 2.68. The molecule has 96 valence electrons. The maximum atomic E-state index is 13.5. The van der Waals surface area contributed by atoms with Crippen LogP contribution in [0.3, 0.4) is 0 Å². The largest absolute Gasteiger partial charge is 0.504 e. The average molecular weight is 274 g/mol. The number of hydrogen-bond acceptors (Lipinski definition) is 6. The van der Waals surface area contributed by atoms with E-state index in [1.54, 1.807) is 0 Å². The summed E-state index contributed by atoms with van der Waals surface area (Å²) in [7, 11) is 1.30. The van der Waals surface area contributed by atoms with Crippen molar-refractivity contribution < 1.29 is 18.8 Å². The Labute approximate surface area is 106 Å². The fourth-order valence-corrected chi connectivity index (χ4v) is 1.67. The van der Waals surface area contributed by atoms with Gasteiger partial charge in [0.25, 0.3) is 0 Å². The molecule has 2 aromatic rings. The molecular formula is C10H9ClFN3O3. The van der Waals surface area contributed by atoms with Crippen LogP contribution in [0.15, 0.2) is 10.6 Å². The highest BCUT2D eigenvalue weighted by Gasteiger charge is 2.23. The number of rotatable bonds is 3. The minimum absolute atomic E-state index is 0.00731. The van der Waals surface area contributed by atoms with Crippen LogP contribution in [-0.4, -0.2) is 22.4 Å². The van der Waals surface area contributed by atoms with Gasteiger partial charge in [-0.05, 0) is 0 Å². The Morgan fingerprint density at radius 1 is 1.61 bits per heavy atom. The van der Waals surface area contributed by atoms with E-state index in [9.17, 15) is 9.50 Å². The molecule has 0 saturated heterocycles. The van der Waals surface area contributed by atoms with E-state index >= 15 is 0 Å². The summed E-state index contributed by atoms with van der Waals surface area (Å²) >= 11 is 5.82. The number of methoxy groups -OCH3 is 1. The van der Waals surface area contributed by atoms with Crippen molar-refractivity contribution in [3.63, 3.8) is 0 Å². The van der Waals surface area contributed by atoms with E-state index in [-0.39, 0.29) is 34.6 Å². The Morgan fingerprint density at radius 3 is 2.89 bits per heavy atom. The molecule has 6 nitrogen and oxygen atoms in total. The van der Waals surface area contributed by atoms with Crippen LogP contribution in [0.5, 0.6) is 11.5 Å². The van der Waals surface area contributed by atoms with Gasteiger partial charge in [0, 0.05) is 6.07 Å². The smallest absolute Gasteiger partial charge is 0.240 e. The fraction of sp³-hybridized carbons (Fsp3) is 0.200. The molecule has 0 aliphatic heterocycles. The van der Waals surface area contributed by atoms with E-state index < -0.39 is 11.6 Å². The lowest BCUT2D eigenvalue weighted by molar-refractivity contribution is 0.369. The summed E-state index contributed by atoms with van der Waals surface area (Å²) in [5, 5.41) is 12.9. The summed E-state index contributed by atoms with van der Waals surface area (Å²) in [5.74, 6) is -1.11. The van der Waals surface area contributed by atoms with E-state index in [1.807, 2.05) is 0 Å². The van der Waals surface area contributed by atoms with E-state index in [0.29, 0.717) is 0 Å². The maximum Gasteiger partial charge on any atom is 0.240 e. The van der Waals surface area contributed by atoms with Crippen LogP contribution >= 0.6 is 11.6 Å². The second-order valence-corrected chi connectivity index (χ2v) is 3.69. The van der Waals surface area contributed by atoms with Gasteiger partial charge >= 0.3 is 0 Å². The van der Waals surface area contributed by atoms with Crippen molar-refractivity contribution in [3.05, 3.63) is 22.8 Å². The summed E-state index contributed by atoms with van der Waals surface area (Å²) < 4.78 is 23.2. The molecule has 2 rings (SSSR count). The van der Waals surface area contributed by atoms with Gasteiger partial charge in [-0.15, -0.1) is 0 Å². The molecule has 1 aromatic carbocycles. The number of aromatic nitrogens is 2. The van der Waals surface area contributed by atoms with Gasteiger partial charge in [-0.3, -0.25) is 0 Å². The van der Waals surface area contributed by atoms with Crippen LogP contribution in [0.1, 0.15) is 5.89 Å². The second kappa shape index (κ2) is 4.79. The molecule has 0 bridgehead atoms. The van der Waals surface area contributed by atoms with E-state index in [0.717, 1.165) is 6.07 Å². The Bertz CT molecular complexity index is 588. The highest BCUT2D eigenvalue weighted by Crippen LogP contribution is 2.42. The van der Waals surface area contributed by atoms with Crippen molar-refractivity contribution in [2.75, 3.05) is 7.11 Å². The molecule has 0 atom stereocenters. The van der Waals surface area contributed by atoms with E-state index in [4.69, 9.17) is 26.6 Å². The summed E-state index contributed by atoms with van der Waals surface area (Å²) in [6, 6.07) is 0.842. The summed E-state index contributed by atoms with van der Waals surface area (Å²) in [6.45, 7) is 0.0359. The molecule has 1 aromatic heterocycles. The second-order valence-electron chi connectivity index (χ2n) is 3.32. The van der Waals surface area contributed by atoms with Crippen LogP contribution in [0.25, 0.3) is 11.4 Å². The zero-order chi connectivity index (χ0) is 13.3. The third-order valence-electron chi connectivity index (χ3n) is 2.22. The molecular weight excluding hydrogens is 265 g/mol. The summed E-state index contributed by atoms with van der Waals surface area (Å²) in [5.41, 5.74) is 5.34. The zero-order valence-corrected chi connectivity index (χ0v) is 10.0. The van der Waals surface area contributed by atoms with E-state index in [1.165, 1.54) is 7.11 Å². The normalized spacial score (nSPS) is 10.7. The first kappa shape index (κ1) is 12.6. The average Bonchev–Trinajstić information content (AvgIpc) is 2.81. The third kappa shape index (κ3) is 1.98. The number of ether oxygens (including phenoxy) is 1. The van der Waals surface area contributed by atoms with Crippen LogP contribution in [-0.2, 0) is 6.54 Å². The monoisotopic (exact) mass is 273 g/mol. The molecule has 0 aliphatic carbocycles. The molecule has 0 saturated carbocycles. The maximum absolute atomic E-state index is 13.5. The van der Waals surface area contributed by atoms with Crippen LogP contribution in [0.4, 0.5) is 4.39 Å². The Morgan fingerprint density at radius 2 is 2.33 bits per heavy atom. The first-order chi connectivity index (χ1) is 8.58. The molecule has 0 fully saturated rings. The predicted molar refractivity (Wildman–Crippen MR) is 60.8 cm³/mol. The number of nitrogens with two attached hydrogens (primary N) is 1. The number of phenolic OH excluding ortho intramolecular Hbond substituents is 1. The highest BCUT2D eigenvalue weighted by atomic mass is 35.5. The fourth-order valence-electron chi connectivity index (χ4n) is 1.44. The van der Waals surface area contributed by atoms with Crippen molar-refractivity contribution in [1.29, 1.82) is 0 Å². The van der Waals surface area contributed by atoms with Crippen molar-refractivity contribution in [2.24, 2.45) is 5.73 Å². The summed E-state index contributed by atoms with van der Waals surface area (Å²) in [4.78, 5) is 3.91. The molecule has 3 N–H and O–H groups in total. The zero-order valence-electron chi connectivity index (χ0n) is 9.28. The predicted octanol–water partition coefficient (Wildman–Crippen LogP) is 1.70. The first-order valence-electron chi connectivity index (χ1n) is 4.86. The topological polar surface area (TPSA) is 94.4 Å². The minimum Gasteiger partial charge on any atom is -0.504 e. The molecule has 1 heterocycles. The SMILES string of the molecule is COc1c(O)cc(F)c(Cl)c1-c1noc(CN)n1. The van der Waals surface area contributed by atoms with Gasteiger partial charge < -0.3 is 20.1 Å². The number of aromatic hydroxyl groups is 1. The molecule has 0 spiro atoms. The first-order valence-corrected chi connectivity index (χ1v) is 5.24. The van der Waals surface area contributed by atoms with Crippen LogP contribution in [0, 0.1) is 5.82 Å². The summed E-state index contributed by atoms with van der Waals surface area (Å²) in [6.07, 6.45) is 0.